The highest BCUT2D eigenvalue weighted by atomic mass is 127. The summed E-state index contributed by atoms with van der Waals surface area (Å²) < 4.78 is 30.8. The summed E-state index contributed by atoms with van der Waals surface area (Å²) in [6.45, 7) is 0. The van der Waals surface area contributed by atoms with Crippen molar-refractivity contribution in [3.05, 3.63) is 0 Å². The van der Waals surface area contributed by atoms with Gasteiger partial charge in [-0.2, -0.15) is 0 Å². The fraction of sp³-hybridized carbons (Fsp3) is 1.00. The largest absolute Gasteiger partial charge is 0.475 e. The molecule has 0 aliphatic heterocycles. The van der Waals surface area contributed by atoms with E-state index < -0.39 is 26.1 Å². The monoisotopic (exact) mass is 704 g/mol. The molecule has 3 unspecified atom stereocenters. The third-order valence-electron chi connectivity index (χ3n) is 1.87. The standard InChI is InChI=1S/C9H15Cl3I3O4P/c10-1-7(4-13)17-20(16,18-8(2-11)5-14)19-9(3-12)6-15/h7-9H,1-6H2. The molecule has 0 heterocycles. The van der Waals surface area contributed by atoms with Crippen LogP contribution in [0.5, 0.6) is 0 Å². The van der Waals surface area contributed by atoms with Gasteiger partial charge in [0.2, 0.25) is 0 Å². The van der Waals surface area contributed by atoms with Crippen LogP contribution in [-0.4, -0.2) is 49.2 Å². The maximum absolute atomic E-state index is 12.7. The summed E-state index contributed by atoms with van der Waals surface area (Å²) in [6, 6.07) is 0. The third-order valence-corrected chi connectivity index (χ3v) is 7.52. The zero-order valence-electron chi connectivity index (χ0n) is 10.3. The van der Waals surface area contributed by atoms with Crippen LogP contribution in [0.1, 0.15) is 0 Å². The first-order chi connectivity index (χ1) is 9.48. The molecule has 0 saturated heterocycles. The first-order valence-corrected chi connectivity index (χ1v) is 13.1. The summed E-state index contributed by atoms with van der Waals surface area (Å²) in [4.78, 5) is 0. The lowest BCUT2D eigenvalue weighted by Gasteiger charge is -2.27. The molecule has 0 rings (SSSR count). The highest BCUT2D eigenvalue weighted by molar-refractivity contribution is 14.1. The minimum atomic E-state index is -3.75. The third kappa shape index (κ3) is 9.46. The summed E-state index contributed by atoms with van der Waals surface area (Å²) >= 11 is 23.6. The Morgan fingerprint density at radius 3 is 1.15 bits per heavy atom. The van der Waals surface area contributed by atoms with Crippen LogP contribution in [-0.2, 0) is 18.1 Å². The topological polar surface area (TPSA) is 44.8 Å². The summed E-state index contributed by atoms with van der Waals surface area (Å²) in [5.41, 5.74) is 0. The van der Waals surface area contributed by atoms with E-state index in [0.29, 0.717) is 13.3 Å². The van der Waals surface area contributed by atoms with Crippen LogP contribution in [0.3, 0.4) is 0 Å². The van der Waals surface area contributed by atoms with Gasteiger partial charge in [-0.3, -0.25) is 13.6 Å². The lowest BCUT2D eigenvalue weighted by molar-refractivity contribution is 0.0633. The molecule has 0 aliphatic carbocycles. The highest BCUT2D eigenvalue weighted by Crippen LogP contribution is 2.53. The minimum Gasteiger partial charge on any atom is -0.281 e. The van der Waals surface area contributed by atoms with Crippen molar-refractivity contribution < 1.29 is 18.1 Å². The molecule has 0 bridgehead atoms. The molecule has 0 fully saturated rings. The Balaban J connectivity index is 4.95. The average molecular weight is 705 g/mol. The molecule has 0 saturated carbocycles. The van der Waals surface area contributed by atoms with Crippen molar-refractivity contribution in [2.24, 2.45) is 0 Å². The molecule has 3 atom stereocenters. The second kappa shape index (κ2) is 13.5. The van der Waals surface area contributed by atoms with Gasteiger partial charge in [0.1, 0.15) is 0 Å². The molecule has 20 heavy (non-hydrogen) atoms. The number of alkyl halides is 6. The lowest BCUT2D eigenvalue weighted by atomic mass is 10.5. The van der Waals surface area contributed by atoms with E-state index in [4.69, 9.17) is 48.4 Å². The van der Waals surface area contributed by atoms with Crippen molar-refractivity contribution in [2.45, 2.75) is 18.3 Å². The molecule has 0 aromatic rings. The predicted molar refractivity (Wildman–Crippen MR) is 111 cm³/mol. The number of phosphoric acid groups is 1. The summed E-state index contributed by atoms with van der Waals surface area (Å²) in [6.07, 6.45) is -1.25. The van der Waals surface area contributed by atoms with Crippen LogP contribution < -0.4 is 0 Å². The fourth-order valence-corrected chi connectivity index (χ4v) is 6.82. The van der Waals surface area contributed by atoms with Gasteiger partial charge in [-0.25, -0.2) is 4.57 Å². The van der Waals surface area contributed by atoms with E-state index >= 15 is 0 Å². The molecule has 0 aromatic heterocycles. The molecule has 122 valence electrons. The number of halogens is 6. The van der Waals surface area contributed by atoms with Crippen molar-refractivity contribution in [2.75, 3.05) is 30.9 Å². The van der Waals surface area contributed by atoms with Gasteiger partial charge < -0.3 is 0 Å². The van der Waals surface area contributed by atoms with Crippen molar-refractivity contribution in [3.8, 4) is 0 Å². The first kappa shape index (κ1) is 23.2. The van der Waals surface area contributed by atoms with E-state index in [0.717, 1.165) is 0 Å². The molecular weight excluding hydrogens is 690 g/mol. The zero-order valence-corrected chi connectivity index (χ0v) is 20.0. The molecule has 4 nitrogen and oxygen atoms in total. The SMILES string of the molecule is O=P(OC(CCl)CI)(OC(CCl)CI)OC(CCl)CI. The lowest BCUT2D eigenvalue weighted by Crippen LogP contribution is -2.25. The van der Waals surface area contributed by atoms with Gasteiger partial charge in [-0.15, -0.1) is 34.8 Å². The number of phosphoric ester groups is 1. The molecule has 0 spiro atoms. The van der Waals surface area contributed by atoms with Crippen molar-refractivity contribution >= 4 is 110 Å². The average Bonchev–Trinajstić information content (AvgIpc) is 2.48. The Morgan fingerprint density at radius 1 is 0.750 bits per heavy atom. The predicted octanol–water partition coefficient (Wildman–Crippen LogP) is 5.27. The van der Waals surface area contributed by atoms with Crippen LogP contribution in [0.15, 0.2) is 0 Å². The molecule has 0 aliphatic rings. The molecule has 0 aromatic carbocycles. The van der Waals surface area contributed by atoms with Gasteiger partial charge in [-0.1, -0.05) is 67.8 Å². The summed E-state index contributed by atoms with van der Waals surface area (Å²) in [5, 5.41) is 0. The van der Waals surface area contributed by atoms with Gasteiger partial charge in [0.15, 0.2) is 0 Å². The summed E-state index contributed by atoms with van der Waals surface area (Å²) in [5.74, 6) is 0.599. The Labute approximate surface area is 175 Å². The van der Waals surface area contributed by atoms with E-state index in [2.05, 4.69) is 67.8 Å². The highest BCUT2D eigenvalue weighted by Gasteiger charge is 2.35. The summed E-state index contributed by atoms with van der Waals surface area (Å²) in [7, 11) is -3.75. The van der Waals surface area contributed by atoms with Gasteiger partial charge in [-0.05, 0) is 0 Å². The van der Waals surface area contributed by atoms with Gasteiger partial charge in [0.25, 0.3) is 0 Å². The Morgan fingerprint density at radius 2 is 1.00 bits per heavy atom. The van der Waals surface area contributed by atoms with Crippen LogP contribution in [0, 0.1) is 0 Å². The second-order valence-electron chi connectivity index (χ2n) is 3.56. The number of hydrogen-bond donors (Lipinski definition) is 0. The molecular formula is C9H15Cl3I3O4P. The zero-order chi connectivity index (χ0) is 15.6. The van der Waals surface area contributed by atoms with Gasteiger partial charge >= 0.3 is 7.82 Å². The van der Waals surface area contributed by atoms with Gasteiger partial charge in [0.05, 0.1) is 36.0 Å². The maximum Gasteiger partial charge on any atom is 0.475 e. The Hall–Kier alpha value is 3.17. The quantitative estimate of drug-likeness (QED) is 0.158. The first-order valence-electron chi connectivity index (χ1n) is 5.49. The molecule has 0 N–H and O–H groups in total. The van der Waals surface area contributed by atoms with E-state index in [1.165, 1.54) is 0 Å². The molecule has 0 amide bonds. The Bertz CT molecular complexity index is 249. The maximum atomic E-state index is 12.7. The number of rotatable bonds is 12. The van der Waals surface area contributed by atoms with Crippen LogP contribution in [0.4, 0.5) is 0 Å². The van der Waals surface area contributed by atoms with Crippen LogP contribution in [0.2, 0.25) is 0 Å². The normalized spacial score (nSPS) is 19.3. The second-order valence-corrected chi connectivity index (χ2v) is 8.65. The molecule has 0 radical (unpaired) electrons. The van der Waals surface area contributed by atoms with E-state index in [-0.39, 0.29) is 17.6 Å². The van der Waals surface area contributed by atoms with Gasteiger partial charge in [0, 0.05) is 13.3 Å². The number of hydrogen-bond acceptors (Lipinski definition) is 4. The van der Waals surface area contributed by atoms with Crippen LogP contribution >= 0.6 is 110 Å². The minimum absolute atomic E-state index is 0.200. The van der Waals surface area contributed by atoms with E-state index in [1.54, 1.807) is 0 Å². The smallest absolute Gasteiger partial charge is 0.281 e. The fourth-order valence-electron chi connectivity index (χ4n) is 0.915. The Kier molecular flexibility index (Phi) is 15.6. The van der Waals surface area contributed by atoms with E-state index in [9.17, 15) is 4.57 Å². The molecule has 11 heteroatoms. The van der Waals surface area contributed by atoms with Crippen LogP contribution in [0.25, 0.3) is 0 Å². The van der Waals surface area contributed by atoms with E-state index in [1.807, 2.05) is 0 Å². The van der Waals surface area contributed by atoms with Crippen molar-refractivity contribution in [1.29, 1.82) is 0 Å². The van der Waals surface area contributed by atoms with Crippen molar-refractivity contribution in [1.82, 2.24) is 0 Å². The van der Waals surface area contributed by atoms with Crippen molar-refractivity contribution in [3.63, 3.8) is 0 Å².